The fraction of sp³-hybridized carbons (Fsp3) is 0.462. The molecule has 0 fully saturated rings. The van der Waals surface area contributed by atoms with Crippen molar-refractivity contribution < 1.29 is 44.7 Å². The van der Waals surface area contributed by atoms with Gasteiger partial charge in [-0.2, -0.15) is 0 Å². The molecule has 6 atom stereocenters. The van der Waals surface area contributed by atoms with E-state index in [1.165, 1.54) is 31.1 Å². The summed E-state index contributed by atoms with van der Waals surface area (Å²) in [5.41, 5.74) is 0.955. The standard InChI is InChI=1S/C26H32N4O9/c1-9-13-10(28-12(32)8-29(2)3)6-7-11(31)15(13)20(33)16-14(9)21(34)18-19(30(4)5)22(35)17(25(27)38)24(37)26(18,39)23(16)36/h6-7,9,14,18-19,21,31,34-36,39H,8H2,1-5H3,(H2,27,38)(H,28,32)/t9-,14+,18-,19-,21-,26-/m1/s1. The predicted molar refractivity (Wildman–Crippen MR) is 137 cm³/mol. The maximum absolute atomic E-state index is 13.8. The lowest BCUT2D eigenvalue weighted by molar-refractivity contribution is -0.162. The molecule has 0 aliphatic heterocycles. The maximum atomic E-state index is 13.8. The van der Waals surface area contributed by atoms with Gasteiger partial charge in [0.2, 0.25) is 11.7 Å². The number of nitrogens with two attached hydrogens (primary N) is 1. The second kappa shape index (κ2) is 9.45. The molecule has 13 heteroatoms. The Kier molecular flexibility index (Phi) is 6.84. The number of nitrogens with one attached hydrogen (secondary N) is 1. The van der Waals surface area contributed by atoms with E-state index in [4.69, 9.17) is 5.73 Å². The zero-order valence-corrected chi connectivity index (χ0v) is 22.1. The number of fused-ring (bicyclic) bond motifs is 3. The lowest BCUT2D eigenvalue weighted by Gasteiger charge is -2.53. The van der Waals surface area contributed by atoms with Crippen LogP contribution in [0, 0.1) is 11.8 Å². The minimum absolute atomic E-state index is 0.0194. The number of Topliss-reactive ketones (excluding diaryl/α,β-unsaturated/α-hetero) is 2. The number of aliphatic hydroxyl groups is 4. The second-order valence-corrected chi connectivity index (χ2v) is 10.8. The number of hydrogen-bond acceptors (Lipinski definition) is 11. The third kappa shape index (κ3) is 3.92. The summed E-state index contributed by atoms with van der Waals surface area (Å²) in [5.74, 6) is -10.3. The van der Waals surface area contributed by atoms with Crippen molar-refractivity contribution in [3.05, 3.63) is 45.9 Å². The number of aromatic hydroxyl groups is 1. The largest absolute Gasteiger partial charge is 0.510 e. The van der Waals surface area contributed by atoms with E-state index in [1.54, 1.807) is 25.9 Å². The van der Waals surface area contributed by atoms with Crippen molar-refractivity contribution in [2.75, 3.05) is 40.1 Å². The Bertz CT molecular complexity index is 1370. The zero-order valence-electron chi connectivity index (χ0n) is 22.1. The van der Waals surface area contributed by atoms with E-state index in [9.17, 15) is 44.7 Å². The number of benzene rings is 1. The molecule has 1 aromatic rings. The summed E-state index contributed by atoms with van der Waals surface area (Å²) in [6, 6.07) is 1.23. The summed E-state index contributed by atoms with van der Waals surface area (Å²) in [7, 11) is 6.30. The topological polar surface area (TPSA) is 214 Å². The van der Waals surface area contributed by atoms with Gasteiger partial charge in [-0.05, 0) is 51.8 Å². The molecule has 0 saturated heterocycles. The molecule has 39 heavy (non-hydrogen) atoms. The number of phenols is 1. The van der Waals surface area contributed by atoms with Crippen molar-refractivity contribution in [2.24, 2.45) is 17.6 Å². The highest BCUT2D eigenvalue weighted by Crippen LogP contribution is 2.56. The third-order valence-electron chi connectivity index (χ3n) is 7.84. The van der Waals surface area contributed by atoms with E-state index >= 15 is 0 Å². The fourth-order valence-electron chi connectivity index (χ4n) is 6.29. The molecule has 3 aliphatic carbocycles. The van der Waals surface area contributed by atoms with Gasteiger partial charge in [-0.1, -0.05) is 6.92 Å². The summed E-state index contributed by atoms with van der Waals surface area (Å²) >= 11 is 0. The molecule has 0 unspecified atom stereocenters. The van der Waals surface area contributed by atoms with Crippen LogP contribution in [0.15, 0.2) is 34.8 Å². The smallest absolute Gasteiger partial charge is 0.255 e. The Morgan fingerprint density at radius 3 is 2.26 bits per heavy atom. The monoisotopic (exact) mass is 544 g/mol. The number of carbonyl (C=O) groups excluding carboxylic acids is 4. The Morgan fingerprint density at radius 1 is 1.10 bits per heavy atom. The average molecular weight is 545 g/mol. The Balaban J connectivity index is 1.98. The van der Waals surface area contributed by atoms with Crippen LogP contribution in [0.25, 0.3) is 0 Å². The number of amides is 2. The summed E-state index contributed by atoms with van der Waals surface area (Å²) in [6.07, 6.45) is -1.73. The molecule has 8 N–H and O–H groups in total. The number of rotatable bonds is 5. The van der Waals surface area contributed by atoms with Crippen LogP contribution in [-0.2, 0) is 14.4 Å². The molecule has 1 aromatic carbocycles. The first-order valence-corrected chi connectivity index (χ1v) is 12.2. The van der Waals surface area contributed by atoms with Crippen molar-refractivity contribution in [2.45, 2.75) is 30.6 Å². The van der Waals surface area contributed by atoms with E-state index in [0.717, 1.165) is 0 Å². The molecule has 0 radical (unpaired) electrons. The van der Waals surface area contributed by atoms with Crippen LogP contribution in [0.5, 0.6) is 5.75 Å². The maximum Gasteiger partial charge on any atom is 0.255 e. The summed E-state index contributed by atoms with van der Waals surface area (Å²) in [4.78, 5) is 54.8. The molecule has 4 rings (SSSR count). The average Bonchev–Trinajstić information content (AvgIpc) is 2.81. The highest BCUT2D eigenvalue weighted by atomic mass is 16.4. The Hall–Kier alpha value is -3.78. The van der Waals surface area contributed by atoms with Crippen molar-refractivity contribution in [3.63, 3.8) is 0 Å². The number of phenolic OH excluding ortho intramolecular Hbond substituents is 1. The van der Waals surface area contributed by atoms with Crippen LogP contribution in [0.4, 0.5) is 5.69 Å². The van der Waals surface area contributed by atoms with Gasteiger partial charge in [0.15, 0.2) is 11.4 Å². The molecule has 0 spiro atoms. The first-order valence-electron chi connectivity index (χ1n) is 12.2. The normalized spacial score (nSPS) is 30.3. The molecule has 3 aliphatic rings. The highest BCUT2D eigenvalue weighted by Gasteiger charge is 2.67. The highest BCUT2D eigenvalue weighted by molar-refractivity contribution is 6.25. The third-order valence-corrected chi connectivity index (χ3v) is 7.84. The predicted octanol–water partition coefficient (Wildman–Crippen LogP) is -0.847. The lowest BCUT2D eigenvalue weighted by Crippen LogP contribution is -2.68. The molecule has 0 aromatic heterocycles. The van der Waals surface area contributed by atoms with E-state index in [-0.39, 0.29) is 23.4 Å². The first kappa shape index (κ1) is 28.2. The summed E-state index contributed by atoms with van der Waals surface area (Å²) < 4.78 is 0. The number of nitrogens with zero attached hydrogens (tertiary/aromatic N) is 2. The van der Waals surface area contributed by atoms with Crippen molar-refractivity contribution >= 4 is 29.1 Å². The number of ketones is 2. The van der Waals surface area contributed by atoms with Crippen molar-refractivity contribution in [1.29, 1.82) is 0 Å². The molecular formula is C26H32N4O9. The molecule has 13 nitrogen and oxygen atoms in total. The van der Waals surface area contributed by atoms with Gasteiger partial charge in [-0.3, -0.25) is 24.1 Å². The number of aliphatic hydroxyl groups excluding tert-OH is 3. The number of likely N-dealkylation sites (N-methyl/N-ethyl adjacent to an activating group) is 2. The minimum atomic E-state index is -2.99. The van der Waals surface area contributed by atoms with Crippen LogP contribution >= 0.6 is 0 Å². The van der Waals surface area contributed by atoms with E-state index in [0.29, 0.717) is 0 Å². The van der Waals surface area contributed by atoms with Crippen molar-refractivity contribution in [3.8, 4) is 5.75 Å². The molecule has 0 bridgehead atoms. The van der Waals surface area contributed by atoms with E-state index in [2.05, 4.69) is 5.32 Å². The van der Waals surface area contributed by atoms with E-state index in [1.807, 2.05) is 0 Å². The van der Waals surface area contributed by atoms with Gasteiger partial charge in [-0.15, -0.1) is 0 Å². The number of hydrogen-bond donors (Lipinski definition) is 7. The van der Waals surface area contributed by atoms with Gasteiger partial charge in [0.1, 0.15) is 22.8 Å². The van der Waals surface area contributed by atoms with Crippen LogP contribution in [0.3, 0.4) is 0 Å². The zero-order chi connectivity index (χ0) is 29.3. The molecule has 2 amide bonds. The lowest BCUT2D eigenvalue weighted by atomic mass is 9.55. The van der Waals surface area contributed by atoms with E-state index < -0.39 is 87.3 Å². The molecular weight excluding hydrogens is 512 g/mol. The van der Waals surface area contributed by atoms with Crippen LogP contribution in [0.1, 0.15) is 28.8 Å². The second-order valence-electron chi connectivity index (χ2n) is 10.8. The number of anilines is 1. The van der Waals surface area contributed by atoms with Gasteiger partial charge in [0.05, 0.1) is 30.2 Å². The first-order chi connectivity index (χ1) is 18.1. The van der Waals surface area contributed by atoms with Gasteiger partial charge < -0.3 is 41.5 Å². The molecule has 0 saturated carbocycles. The minimum Gasteiger partial charge on any atom is -0.510 e. The van der Waals surface area contributed by atoms with Gasteiger partial charge in [0.25, 0.3) is 5.91 Å². The SMILES string of the molecule is C[C@@H]1c2c(NC(=O)CN(C)C)ccc(O)c2C(=O)C2=C(O)[C@@]3(O)C(=O)C(C(N)=O)=C(O)[C@H](N(C)C)[C@@H]3[C@H](O)[C@H]21. The quantitative estimate of drug-likeness (QED) is 0.179. The van der Waals surface area contributed by atoms with Crippen LogP contribution in [0.2, 0.25) is 0 Å². The van der Waals surface area contributed by atoms with Crippen LogP contribution < -0.4 is 11.1 Å². The van der Waals surface area contributed by atoms with Gasteiger partial charge >= 0.3 is 0 Å². The van der Waals surface area contributed by atoms with Gasteiger partial charge in [0, 0.05) is 17.2 Å². The Morgan fingerprint density at radius 2 is 1.72 bits per heavy atom. The van der Waals surface area contributed by atoms with Gasteiger partial charge in [-0.25, -0.2) is 0 Å². The van der Waals surface area contributed by atoms with Crippen molar-refractivity contribution in [1.82, 2.24) is 9.80 Å². The Labute approximate surface area is 223 Å². The summed E-state index contributed by atoms with van der Waals surface area (Å²) in [6.45, 7) is 1.61. The fourth-order valence-corrected chi connectivity index (χ4v) is 6.29. The molecule has 0 heterocycles. The summed E-state index contributed by atoms with van der Waals surface area (Å²) in [5, 5.41) is 59.0. The molecule has 210 valence electrons. The number of carbonyl (C=O) groups is 4. The van der Waals surface area contributed by atoms with Crippen LogP contribution in [-0.4, -0.2) is 111 Å². The number of primary amides is 1.